The van der Waals surface area contributed by atoms with Gasteiger partial charge in [0.25, 0.3) is 0 Å². The van der Waals surface area contributed by atoms with Gasteiger partial charge >= 0.3 is 5.97 Å². The highest BCUT2D eigenvalue weighted by Gasteiger charge is 2.33. The zero-order chi connectivity index (χ0) is 19.0. The molecule has 26 heavy (non-hydrogen) atoms. The number of benzene rings is 1. The molecule has 0 spiro atoms. The fraction of sp³-hybridized carbons (Fsp3) is 0.421. The van der Waals surface area contributed by atoms with Crippen LogP contribution in [0.5, 0.6) is 5.75 Å². The van der Waals surface area contributed by atoms with Gasteiger partial charge in [0.15, 0.2) is 15.1 Å². The van der Waals surface area contributed by atoms with Crippen LogP contribution in [-0.4, -0.2) is 31.9 Å². The molecule has 0 fully saturated rings. The maximum Gasteiger partial charge on any atom is 0.322 e. The van der Waals surface area contributed by atoms with E-state index in [0.29, 0.717) is 12.2 Å². The first-order valence-electron chi connectivity index (χ1n) is 8.58. The predicted octanol–water partition coefficient (Wildman–Crippen LogP) is 4.18. The Morgan fingerprint density at radius 3 is 2.38 bits per heavy atom. The van der Waals surface area contributed by atoms with Crippen molar-refractivity contribution in [1.29, 1.82) is 0 Å². The molecule has 0 saturated carbocycles. The highest BCUT2D eigenvalue weighted by molar-refractivity contribution is 7.92. The van der Waals surface area contributed by atoms with E-state index in [1.165, 1.54) is 36.3 Å². The molecule has 0 bridgehead atoms. The number of hydrogen-bond donors (Lipinski definition) is 1. The van der Waals surface area contributed by atoms with Crippen molar-refractivity contribution in [2.24, 2.45) is 0 Å². The number of ether oxygens (including phenoxy) is 1. The Kier molecular flexibility index (Phi) is 7.66. The summed E-state index contributed by atoms with van der Waals surface area (Å²) in [5.41, 5.74) is 0. The Labute approximate surface area is 158 Å². The second-order valence-corrected chi connectivity index (χ2v) is 9.24. The summed E-state index contributed by atoms with van der Waals surface area (Å²) in [5.74, 6) is -0.763. The number of thiophene rings is 1. The van der Waals surface area contributed by atoms with Crippen molar-refractivity contribution < 1.29 is 23.1 Å². The third-order valence-electron chi connectivity index (χ3n) is 4.26. The summed E-state index contributed by atoms with van der Waals surface area (Å²) in [6.45, 7) is 0. The summed E-state index contributed by atoms with van der Waals surface area (Å²) in [7, 11) is -2.42. The molecular weight excluding hydrogens is 372 g/mol. The molecule has 0 aliphatic rings. The fourth-order valence-electron chi connectivity index (χ4n) is 2.78. The van der Waals surface area contributed by atoms with Gasteiger partial charge in [-0.05, 0) is 55.0 Å². The first-order valence-corrected chi connectivity index (χ1v) is 11.0. The molecule has 0 aliphatic heterocycles. The second kappa shape index (κ2) is 9.73. The molecule has 0 aliphatic carbocycles. The topological polar surface area (TPSA) is 80.7 Å². The number of carbonyl (C=O) groups is 1. The van der Waals surface area contributed by atoms with Crippen LogP contribution >= 0.6 is 11.3 Å². The summed E-state index contributed by atoms with van der Waals surface area (Å²) >= 11 is 1.73. The number of unbranched alkanes of at least 4 members (excludes halogenated alkanes) is 3. The van der Waals surface area contributed by atoms with Gasteiger partial charge in [-0.1, -0.05) is 25.3 Å². The monoisotopic (exact) mass is 396 g/mol. The molecule has 2 aromatic rings. The minimum absolute atomic E-state index is 0.0170. The molecule has 142 valence electrons. The summed E-state index contributed by atoms with van der Waals surface area (Å²) in [5, 5.41) is 10.0. The number of hydrogen-bond acceptors (Lipinski definition) is 5. The van der Waals surface area contributed by atoms with Crippen LogP contribution in [0.3, 0.4) is 0 Å². The molecule has 1 N–H and O–H groups in total. The van der Waals surface area contributed by atoms with Gasteiger partial charge in [-0.3, -0.25) is 4.79 Å². The van der Waals surface area contributed by atoms with Crippen LogP contribution in [0, 0.1) is 0 Å². The lowest BCUT2D eigenvalue weighted by Crippen LogP contribution is -2.30. The van der Waals surface area contributed by atoms with E-state index in [1.807, 2.05) is 6.07 Å². The Morgan fingerprint density at radius 1 is 1.12 bits per heavy atom. The van der Waals surface area contributed by atoms with Crippen molar-refractivity contribution in [3.63, 3.8) is 0 Å². The SMILES string of the molecule is COc1ccc(S(=O)(=O)C(CCCCCCc2cccs2)C(=O)O)cc1. The normalized spacial score (nSPS) is 12.7. The maximum absolute atomic E-state index is 12.6. The third-order valence-corrected chi connectivity index (χ3v) is 7.31. The molecule has 0 saturated heterocycles. The van der Waals surface area contributed by atoms with Gasteiger partial charge in [-0.15, -0.1) is 11.3 Å². The molecule has 1 aromatic heterocycles. The zero-order valence-corrected chi connectivity index (χ0v) is 16.4. The highest BCUT2D eigenvalue weighted by Crippen LogP contribution is 2.23. The number of aryl methyl sites for hydroxylation is 1. The summed E-state index contributed by atoms with van der Waals surface area (Å²) in [4.78, 5) is 12.9. The number of carboxylic acid groups (broad SMARTS) is 1. The van der Waals surface area contributed by atoms with E-state index in [1.54, 1.807) is 11.3 Å². The predicted molar refractivity (Wildman–Crippen MR) is 103 cm³/mol. The lowest BCUT2D eigenvalue weighted by molar-refractivity contribution is -0.136. The van der Waals surface area contributed by atoms with Gasteiger partial charge in [0, 0.05) is 4.88 Å². The molecule has 1 heterocycles. The van der Waals surface area contributed by atoms with Crippen molar-refractivity contribution in [3.8, 4) is 5.75 Å². The number of sulfone groups is 1. The van der Waals surface area contributed by atoms with Crippen LogP contribution in [0.15, 0.2) is 46.7 Å². The largest absolute Gasteiger partial charge is 0.497 e. The van der Waals surface area contributed by atoms with E-state index >= 15 is 0 Å². The van der Waals surface area contributed by atoms with Gasteiger partial charge in [-0.2, -0.15) is 0 Å². The Bertz CT molecular complexity index is 780. The van der Waals surface area contributed by atoms with Crippen molar-refractivity contribution >= 4 is 27.1 Å². The molecule has 7 heteroatoms. The quantitative estimate of drug-likeness (QED) is 0.576. The van der Waals surface area contributed by atoms with E-state index in [0.717, 1.165) is 25.7 Å². The van der Waals surface area contributed by atoms with Crippen LogP contribution in [0.2, 0.25) is 0 Å². The van der Waals surface area contributed by atoms with Crippen molar-refractivity contribution in [2.45, 2.75) is 48.7 Å². The summed E-state index contributed by atoms with van der Waals surface area (Å²) in [6, 6.07) is 9.97. The van der Waals surface area contributed by atoms with Crippen LogP contribution in [0.25, 0.3) is 0 Å². The molecular formula is C19H24O5S2. The Morgan fingerprint density at radius 2 is 1.81 bits per heavy atom. The lowest BCUT2D eigenvalue weighted by Gasteiger charge is -2.14. The molecule has 5 nitrogen and oxygen atoms in total. The van der Waals surface area contributed by atoms with Crippen molar-refractivity contribution in [2.75, 3.05) is 7.11 Å². The standard InChI is InChI=1S/C19H24O5S2/c1-24-15-10-12-17(13-11-15)26(22,23)18(19(20)21)9-5-3-2-4-7-16-8-6-14-25-16/h6,8,10-14,18H,2-5,7,9H2,1H3,(H,20,21). The fourth-order valence-corrected chi connectivity index (χ4v) is 5.12. The molecule has 0 radical (unpaired) electrons. The highest BCUT2D eigenvalue weighted by atomic mass is 32.2. The van der Waals surface area contributed by atoms with Crippen LogP contribution in [-0.2, 0) is 21.1 Å². The first-order chi connectivity index (χ1) is 12.4. The van der Waals surface area contributed by atoms with E-state index in [-0.39, 0.29) is 11.3 Å². The number of rotatable bonds is 11. The van der Waals surface area contributed by atoms with Crippen molar-refractivity contribution in [3.05, 3.63) is 46.7 Å². The van der Waals surface area contributed by atoms with Crippen LogP contribution in [0.4, 0.5) is 0 Å². The van der Waals surface area contributed by atoms with Crippen LogP contribution in [0.1, 0.15) is 37.0 Å². The van der Waals surface area contributed by atoms with E-state index in [2.05, 4.69) is 11.4 Å². The average molecular weight is 397 g/mol. The van der Waals surface area contributed by atoms with E-state index in [9.17, 15) is 18.3 Å². The number of aliphatic carboxylic acids is 1. The summed E-state index contributed by atoms with van der Waals surface area (Å²) in [6.07, 6.45) is 4.55. The molecule has 1 unspecified atom stereocenters. The van der Waals surface area contributed by atoms with Gasteiger partial charge in [0.2, 0.25) is 0 Å². The van der Waals surface area contributed by atoms with E-state index in [4.69, 9.17) is 4.74 Å². The van der Waals surface area contributed by atoms with Gasteiger partial charge < -0.3 is 9.84 Å². The number of carboxylic acids is 1. The minimum atomic E-state index is -3.91. The summed E-state index contributed by atoms with van der Waals surface area (Å²) < 4.78 is 30.3. The molecule has 2 rings (SSSR count). The Hall–Kier alpha value is -1.86. The smallest absolute Gasteiger partial charge is 0.322 e. The minimum Gasteiger partial charge on any atom is -0.497 e. The molecule has 1 atom stereocenters. The Balaban J connectivity index is 1.87. The van der Waals surface area contributed by atoms with Gasteiger partial charge in [0.05, 0.1) is 12.0 Å². The number of methoxy groups -OCH3 is 1. The van der Waals surface area contributed by atoms with Gasteiger partial charge in [0.1, 0.15) is 5.75 Å². The van der Waals surface area contributed by atoms with E-state index < -0.39 is 21.1 Å². The van der Waals surface area contributed by atoms with Crippen molar-refractivity contribution in [1.82, 2.24) is 0 Å². The van der Waals surface area contributed by atoms with Gasteiger partial charge in [-0.25, -0.2) is 8.42 Å². The average Bonchev–Trinajstić information content (AvgIpc) is 3.14. The third kappa shape index (κ3) is 5.57. The zero-order valence-electron chi connectivity index (χ0n) is 14.8. The first kappa shape index (κ1) is 20.5. The molecule has 0 amide bonds. The second-order valence-electron chi connectivity index (χ2n) is 6.08. The van der Waals surface area contributed by atoms with Crippen LogP contribution < -0.4 is 4.74 Å². The molecule has 1 aromatic carbocycles. The maximum atomic E-state index is 12.6. The lowest BCUT2D eigenvalue weighted by atomic mass is 10.1.